The number of anilines is 1. The van der Waals surface area contributed by atoms with Crippen molar-refractivity contribution < 1.29 is 57.2 Å². The average Bonchev–Trinajstić information content (AvgIpc) is 1.73. The molecule has 11 rings (SSSR count). The highest BCUT2D eigenvalue weighted by Crippen LogP contribution is 2.44. The zero-order valence-corrected chi connectivity index (χ0v) is 50.9. The summed E-state index contributed by atoms with van der Waals surface area (Å²) in [6, 6.07) is 27.6. The molecule has 0 unspecified atom stereocenters. The number of ether oxygens (including phenoxy) is 5. The van der Waals surface area contributed by atoms with Crippen molar-refractivity contribution in [3.63, 3.8) is 0 Å². The van der Waals surface area contributed by atoms with Crippen LogP contribution < -0.4 is 34.3 Å². The van der Waals surface area contributed by atoms with Crippen LogP contribution >= 0.6 is 0 Å². The summed E-state index contributed by atoms with van der Waals surface area (Å²) in [6.45, 7) is 13.1. The van der Waals surface area contributed by atoms with Gasteiger partial charge in [0.1, 0.15) is 5.75 Å². The second kappa shape index (κ2) is 27.1. The molecule has 0 bridgehead atoms. The van der Waals surface area contributed by atoms with Crippen molar-refractivity contribution in [1.29, 1.82) is 0 Å². The molecule has 0 spiro atoms. The number of hydrogen-bond donors (Lipinski definition) is 2. The molecular weight excluding hydrogens is 1140 g/mol. The summed E-state index contributed by atoms with van der Waals surface area (Å²) in [7, 11) is 3.05. The van der Waals surface area contributed by atoms with E-state index in [0.29, 0.717) is 107 Å². The number of Topliss-reactive ketones (excluding diaryl/α,β-unsaturated/α-hetero) is 1. The first-order valence-electron chi connectivity index (χ1n) is 30.5. The molecule has 0 saturated heterocycles. The van der Waals surface area contributed by atoms with E-state index in [2.05, 4.69) is 39.7 Å². The van der Waals surface area contributed by atoms with Crippen LogP contribution in [0, 0.1) is 18.4 Å². The van der Waals surface area contributed by atoms with Gasteiger partial charge in [0.05, 0.1) is 80.7 Å². The Morgan fingerprint density at radius 1 is 0.678 bits per heavy atom. The van der Waals surface area contributed by atoms with Crippen LogP contribution in [0.1, 0.15) is 128 Å². The normalized spacial score (nSPS) is 17.8. The number of unbranched alkanes of at least 4 members (excludes halogenated alkanes) is 2. The van der Waals surface area contributed by atoms with Gasteiger partial charge in [-0.05, 0) is 102 Å². The Hall–Kier alpha value is -10.2. The molecular formula is C70H70N8O12. The highest BCUT2D eigenvalue weighted by molar-refractivity contribution is 6.15. The van der Waals surface area contributed by atoms with Gasteiger partial charge in [0.25, 0.3) is 23.6 Å². The third-order valence-electron chi connectivity index (χ3n) is 16.8. The van der Waals surface area contributed by atoms with Crippen LogP contribution in [0.4, 0.5) is 22.7 Å². The lowest BCUT2D eigenvalue weighted by Crippen LogP contribution is -2.45. The second-order valence-corrected chi connectivity index (χ2v) is 23.6. The van der Waals surface area contributed by atoms with Crippen LogP contribution in [0.3, 0.4) is 0 Å². The summed E-state index contributed by atoms with van der Waals surface area (Å²) in [4.78, 5) is 111. The predicted octanol–water partition coefficient (Wildman–Crippen LogP) is 11.5. The minimum atomic E-state index is -0.803. The molecule has 4 atom stereocenters. The van der Waals surface area contributed by atoms with Gasteiger partial charge in [-0.25, -0.2) is 4.85 Å². The van der Waals surface area contributed by atoms with Crippen molar-refractivity contribution in [2.45, 2.75) is 109 Å². The first kappa shape index (κ1) is 61.5. The number of imide groups is 1. The number of amides is 6. The first-order chi connectivity index (χ1) is 43.5. The van der Waals surface area contributed by atoms with Gasteiger partial charge in [0.2, 0.25) is 11.8 Å². The molecule has 5 aromatic carbocycles. The van der Waals surface area contributed by atoms with Crippen molar-refractivity contribution in [3.05, 3.63) is 161 Å². The minimum Gasteiger partial charge on any atom is -0.493 e. The van der Waals surface area contributed by atoms with Crippen molar-refractivity contribution in [1.82, 2.24) is 20.0 Å². The largest absolute Gasteiger partial charge is 0.493 e. The number of aliphatic imine (C=N–C) groups is 2. The summed E-state index contributed by atoms with van der Waals surface area (Å²) < 4.78 is 29.4. The van der Waals surface area contributed by atoms with Gasteiger partial charge >= 0.3 is 0 Å². The Labute approximate surface area is 522 Å². The molecule has 5 aromatic rings. The van der Waals surface area contributed by atoms with E-state index in [1.54, 1.807) is 83.6 Å². The fourth-order valence-electron chi connectivity index (χ4n) is 11.6. The van der Waals surface area contributed by atoms with Crippen molar-refractivity contribution in [3.8, 4) is 28.7 Å². The fraction of sp³-hybridized carbons (Fsp3) is 0.343. The Kier molecular flexibility index (Phi) is 18.5. The van der Waals surface area contributed by atoms with Crippen molar-refractivity contribution >= 4 is 87.6 Å². The monoisotopic (exact) mass is 1210 g/mol. The minimum absolute atomic E-state index is 0.0957. The van der Waals surface area contributed by atoms with Crippen LogP contribution in [0.25, 0.3) is 16.0 Å². The Morgan fingerprint density at radius 3 is 1.78 bits per heavy atom. The zero-order valence-electron chi connectivity index (χ0n) is 50.9. The van der Waals surface area contributed by atoms with Gasteiger partial charge in [0, 0.05) is 87.2 Å². The summed E-state index contributed by atoms with van der Waals surface area (Å²) in [6.07, 6.45) is 14.1. The summed E-state index contributed by atoms with van der Waals surface area (Å²) in [5, 5.41) is 5.76. The SMILES string of the molecule is [C-]#[N+]c1ccc(OC2=CC(=O)N(CCCCCC(=O)N[C@@H](C(=O)C[C@H](C)C(=O)Nc3ccc(C4=CN5C(=O)c6cc(OC)c(OCCCOc7cc8c(cc7OC)C(=O)N7C=C(c9ccc(C%10CC%10)cc9)C[C@@H]7C=N8)cc6N=C[C@H]5C4)cc3)C(C)C)C2=O)cc1. The third kappa shape index (κ3) is 13.7. The van der Waals surface area contributed by atoms with Crippen molar-refractivity contribution in [2.24, 2.45) is 21.8 Å². The fourth-order valence-corrected chi connectivity index (χ4v) is 11.6. The molecule has 6 aliphatic rings. The lowest BCUT2D eigenvalue weighted by atomic mass is 9.92. The number of carbonyl (C=O) groups excluding carboxylic acids is 7. The topological polar surface area (TPSA) is 228 Å². The number of benzene rings is 5. The molecule has 20 nitrogen and oxygen atoms in total. The highest BCUT2D eigenvalue weighted by Gasteiger charge is 2.37. The summed E-state index contributed by atoms with van der Waals surface area (Å²) in [5.74, 6) is -0.782. The number of hydrogen-bond acceptors (Lipinski definition) is 14. The molecule has 462 valence electrons. The van der Waals surface area contributed by atoms with E-state index >= 15 is 0 Å². The molecule has 1 saturated carbocycles. The van der Waals surface area contributed by atoms with Crippen LogP contribution in [0.15, 0.2) is 131 Å². The molecule has 90 heavy (non-hydrogen) atoms. The molecule has 2 N–H and O–H groups in total. The zero-order chi connectivity index (χ0) is 63.2. The smallest absolute Gasteiger partial charge is 0.296 e. The molecule has 1 aliphatic carbocycles. The van der Waals surface area contributed by atoms with Crippen LogP contribution in [-0.4, -0.2) is 120 Å². The average molecular weight is 1220 g/mol. The van der Waals surface area contributed by atoms with E-state index in [0.717, 1.165) is 33.2 Å². The quantitative estimate of drug-likeness (QED) is 0.0299. The molecule has 0 aromatic heterocycles. The van der Waals surface area contributed by atoms with E-state index in [4.69, 9.17) is 40.2 Å². The lowest BCUT2D eigenvalue weighted by molar-refractivity contribution is -0.138. The molecule has 6 amide bonds. The van der Waals surface area contributed by atoms with Gasteiger partial charge in [-0.2, -0.15) is 0 Å². The Bertz CT molecular complexity index is 3860. The Morgan fingerprint density at radius 2 is 1.24 bits per heavy atom. The molecule has 5 heterocycles. The maximum atomic E-state index is 14.2. The molecule has 20 heteroatoms. The number of nitrogens with one attached hydrogen (secondary N) is 2. The van der Waals surface area contributed by atoms with Gasteiger partial charge in [-0.3, -0.25) is 48.4 Å². The maximum Gasteiger partial charge on any atom is 0.296 e. The first-order valence-corrected chi connectivity index (χ1v) is 30.5. The third-order valence-corrected chi connectivity index (χ3v) is 16.8. The van der Waals surface area contributed by atoms with Crippen LogP contribution in [0.2, 0.25) is 0 Å². The number of ketones is 1. The molecule has 5 aliphatic heterocycles. The van der Waals surface area contributed by atoms with Crippen LogP contribution in [-0.2, 0) is 24.0 Å². The van der Waals surface area contributed by atoms with Gasteiger partial charge in [0.15, 0.2) is 40.2 Å². The van der Waals surface area contributed by atoms with Crippen LogP contribution in [0.5, 0.6) is 28.7 Å². The van der Waals surface area contributed by atoms with E-state index in [9.17, 15) is 33.6 Å². The number of methoxy groups -OCH3 is 2. The van der Waals surface area contributed by atoms with E-state index in [1.807, 2.05) is 44.6 Å². The number of carbonyl (C=O) groups is 7. The van der Waals surface area contributed by atoms with Gasteiger partial charge < -0.3 is 44.1 Å². The number of nitrogens with zero attached hydrogens (tertiary/aromatic N) is 6. The molecule has 0 radical (unpaired) electrons. The van der Waals surface area contributed by atoms with Crippen molar-refractivity contribution in [2.75, 3.05) is 39.3 Å². The van der Waals surface area contributed by atoms with Gasteiger partial charge in [-0.15, -0.1) is 0 Å². The lowest BCUT2D eigenvalue weighted by Gasteiger charge is -2.23. The van der Waals surface area contributed by atoms with E-state index in [-0.39, 0.29) is 85.8 Å². The standard InChI is InChI=1S/C70H70N8O12/c1-41(2)66(75-64(80)11-8-7-9-26-76-65(81)36-63(70(76)85)90-53-24-22-49(71-4)23-25-53)58(79)29-42(3)67(82)74-50-20-18-46(19-21-50)48-31-52-38-73-57-35-62(60(87-6)33-55(57)69(84)78(52)40-48)89-28-10-27-88-61-34-56-54(32-59(61)86-5)68(83)77-39-47(30-51(77)37-72-56)45-16-14-44(15-17-45)43-12-13-43/h14-25,32-43,51-52,66H,7-13,26-31H2,1-3,5-6H3,(H,74,82)(H,75,80)/t42-,51+,52+,66+/m0/s1. The number of rotatable bonds is 26. The van der Waals surface area contributed by atoms with Gasteiger partial charge in [-0.1, -0.05) is 75.7 Å². The van der Waals surface area contributed by atoms with E-state index < -0.39 is 23.8 Å². The summed E-state index contributed by atoms with van der Waals surface area (Å²) in [5.41, 5.74) is 8.00. The van der Waals surface area contributed by atoms with E-state index in [1.165, 1.54) is 32.6 Å². The highest BCUT2D eigenvalue weighted by atomic mass is 16.5. The predicted molar refractivity (Wildman–Crippen MR) is 339 cm³/mol. The molecule has 1 fully saturated rings. The Balaban J connectivity index is 0.615. The summed E-state index contributed by atoms with van der Waals surface area (Å²) >= 11 is 0. The second-order valence-electron chi connectivity index (χ2n) is 23.6. The number of fused-ring (bicyclic) bond motifs is 4. The maximum absolute atomic E-state index is 14.2.